The summed E-state index contributed by atoms with van der Waals surface area (Å²) in [5.74, 6) is 0.843. The lowest BCUT2D eigenvalue weighted by Gasteiger charge is -2.13. The van der Waals surface area contributed by atoms with Crippen LogP contribution in [0.2, 0.25) is 0 Å². The zero-order chi connectivity index (χ0) is 16.6. The van der Waals surface area contributed by atoms with Crippen LogP contribution in [0.5, 0.6) is 0 Å². The van der Waals surface area contributed by atoms with Gasteiger partial charge in [-0.3, -0.25) is 10.3 Å². The molecule has 5 heteroatoms. The van der Waals surface area contributed by atoms with Crippen molar-refractivity contribution in [3.63, 3.8) is 0 Å². The van der Waals surface area contributed by atoms with Crippen LogP contribution in [0.25, 0.3) is 5.76 Å². The first-order valence-corrected chi connectivity index (χ1v) is 8.51. The van der Waals surface area contributed by atoms with Gasteiger partial charge in [0, 0.05) is 12.0 Å². The van der Waals surface area contributed by atoms with Gasteiger partial charge < -0.3 is 4.74 Å². The van der Waals surface area contributed by atoms with Crippen molar-refractivity contribution < 1.29 is 4.74 Å². The summed E-state index contributed by atoms with van der Waals surface area (Å²) in [6.45, 7) is 1.13. The Balaban J connectivity index is 1.73. The van der Waals surface area contributed by atoms with E-state index in [0.717, 1.165) is 22.6 Å². The van der Waals surface area contributed by atoms with Gasteiger partial charge >= 0.3 is 0 Å². The van der Waals surface area contributed by atoms with E-state index in [4.69, 9.17) is 10.00 Å². The number of thioether (sulfide) groups is 1. The van der Waals surface area contributed by atoms with Crippen LogP contribution in [-0.2, 0) is 11.2 Å². The van der Waals surface area contributed by atoms with Gasteiger partial charge in [0.15, 0.2) is 11.4 Å². The number of nitriles is 1. The second-order valence-corrected chi connectivity index (χ2v) is 6.25. The number of aliphatic imine (C=N–C) groups is 1. The molecule has 0 bridgehead atoms. The molecular formula is C19H17N3OS. The lowest BCUT2D eigenvalue weighted by Crippen LogP contribution is -2.10. The molecule has 0 aliphatic carbocycles. The van der Waals surface area contributed by atoms with Crippen molar-refractivity contribution in [2.75, 3.05) is 13.2 Å². The Bertz CT molecular complexity index is 779. The first-order chi connectivity index (χ1) is 11.9. The van der Waals surface area contributed by atoms with Crippen LogP contribution in [0.3, 0.4) is 0 Å². The first kappa shape index (κ1) is 16.2. The molecule has 0 aromatic heterocycles. The average Bonchev–Trinajstić information content (AvgIpc) is 3.09. The van der Waals surface area contributed by atoms with Gasteiger partial charge in [0.2, 0.25) is 0 Å². The molecule has 2 aromatic carbocycles. The van der Waals surface area contributed by atoms with Crippen LogP contribution in [0.1, 0.15) is 11.1 Å². The molecule has 1 heterocycles. The maximum Gasteiger partial charge on any atom is 0.183 e. The molecule has 4 nitrogen and oxygen atoms in total. The fourth-order valence-corrected chi connectivity index (χ4v) is 3.24. The molecule has 0 radical (unpaired) electrons. The minimum Gasteiger partial charge on any atom is -0.492 e. The number of ether oxygens (including phenoxy) is 1. The highest BCUT2D eigenvalue weighted by molar-refractivity contribution is 8.17. The van der Waals surface area contributed by atoms with Gasteiger partial charge in [-0.05, 0) is 5.56 Å². The van der Waals surface area contributed by atoms with E-state index in [1.165, 1.54) is 17.3 Å². The molecule has 0 spiro atoms. The topological polar surface area (TPSA) is 57.4 Å². The van der Waals surface area contributed by atoms with E-state index in [2.05, 4.69) is 22.4 Å². The molecule has 1 N–H and O–H groups in total. The van der Waals surface area contributed by atoms with Crippen molar-refractivity contribution in [1.29, 1.82) is 5.26 Å². The molecule has 120 valence electrons. The minimum atomic E-state index is 0.532. The standard InChI is InChI=1S/C19H17N3OS/c20-14-22-19-21-13-17(24-19)18(16-9-5-2-6-10-16)23-12-11-15-7-3-1-4-8-15/h1-10H,11-13H2,(H,21,22). The molecule has 0 atom stereocenters. The molecule has 0 unspecified atom stereocenters. The third kappa shape index (κ3) is 4.18. The summed E-state index contributed by atoms with van der Waals surface area (Å²) in [6.07, 6.45) is 2.76. The lowest BCUT2D eigenvalue weighted by molar-refractivity contribution is 0.280. The van der Waals surface area contributed by atoms with Crippen molar-refractivity contribution in [2.45, 2.75) is 6.42 Å². The summed E-state index contributed by atoms with van der Waals surface area (Å²) >= 11 is 1.46. The molecule has 24 heavy (non-hydrogen) atoms. The number of rotatable bonds is 5. The molecule has 0 fully saturated rings. The first-order valence-electron chi connectivity index (χ1n) is 7.69. The van der Waals surface area contributed by atoms with E-state index in [0.29, 0.717) is 18.3 Å². The predicted molar refractivity (Wildman–Crippen MR) is 98.1 cm³/mol. The Morgan fingerprint density at radius 2 is 1.83 bits per heavy atom. The second kappa shape index (κ2) is 8.23. The smallest absolute Gasteiger partial charge is 0.183 e. The van der Waals surface area contributed by atoms with E-state index in [9.17, 15) is 0 Å². The van der Waals surface area contributed by atoms with Crippen LogP contribution in [0.15, 0.2) is 70.6 Å². The number of nitrogens with one attached hydrogen (secondary N) is 1. The van der Waals surface area contributed by atoms with E-state index in [1.54, 1.807) is 0 Å². The molecule has 3 rings (SSSR count). The molecule has 0 saturated heterocycles. The van der Waals surface area contributed by atoms with Crippen molar-refractivity contribution in [2.24, 2.45) is 4.99 Å². The number of amidine groups is 1. The average molecular weight is 335 g/mol. The van der Waals surface area contributed by atoms with Crippen LogP contribution < -0.4 is 5.32 Å². The van der Waals surface area contributed by atoms with E-state index in [-0.39, 0.29) is 0 Å². The van der Waals surface area contributed by atoms with Crippen molar-refractivity contribution in [3.8, 4) is 6.19 Å². The highest BCUT2D eigenvalue weighted by Crippen LogP contribution is 2.32. The zero-order valence-electron chi connectivity index (χ0n) is 13.1. The van der Waals surface area contributed by atoms with Gasteiger partial charge in [0.05, 0.1) is 18.1 Å². The fourth-order valence-electron chi connectivity index (χ4n) is 2.39. The number of nitrogens with zero attached hydrogens (tertiary/aromatic N) is 2. The van der Waals surface area contributed by atoms with Gasteiger partial charge in [-0.1, -0.05) is 72.4 Å². The Morgan fingerprint density at radius 3 is 2.54 bits per heavy atom. The zero-order valence-corrected chi connectivity index (χ0v) is 13.9. The van der Waals surface area contributed by atoms with E-state index < -0.39 is 0 Å². The monoisotopic (exact) mass is 335 g/mol. The molecule has 1 aliphatic rings. The normalized spacial score (nSPS) is 15.4. The van der Waals surface area contributed by atoms with Crippen LogP contribution in [-0.4, -0.2) is 18.3 Å². The van der Waals surface area contributed by atoms with Gasteiger partial charge in [-0.15, -0.1) is 0 Å². The molecule has 2 aromatic rings. The number of hydrogen-bond acceptors (Lipinski definition) is 5. The highest BCUT2D eigenvalue weighted by atomic mass is 32.2. The Hall–Kier alpha value is -2.71. The minimum absolute atomic E-state index is 0.532. The Morgan fingerprint density at radius 1 is 1.12 bits per heavy atom. The molecule has 1 aliphatic heterocycles. The fraction of sp³-hybridized carbons (Fsp3) is 0.158. The summed E-state index contributed by atoms with van der Waals surface area (Å²) in [4.78, 5) is 5.35. The summed E-state index contributed by atoms with van der Waals surface area (Å²) < 4.78 is 6.12. The van der Waals surface area contributed by atoms with E-state index >= 15 is 0 Å². The molecule has 0 saturated carbocycles. The van der Waals surface area contributed by atoms with Crippen molar-refractivity contribution in [1.82, 2.24) is 5.32 Å². The third-order valence-corrected chi connectivity index (χ3v) is 4.50. The summed E-state index contributed by atoms with van der Waals surface area (Å²) in [5, 5.41) is 11.9. The molecular weight excluding hydrogens is 318 g/mol. The van der Waals surface area contributed by atoms with Crippen LogP contribution >= 0.6 is 11.8 Å². The Labute approximate surface area is 145 Å². The maximum atomic E-state index is 8.73. The second-order valence-electron chi connectivity index (χ2n) is 5.16. The van der Waals surface area contributed by atoms with Gasteiger partial charge in [0.25, 0.3) is 0 Å². The number of benzene rings is 2. The van der Waals surface area contributed by atoms with Crippen molar-refractivity contribution >= 4 is 22.7 Å². The molecule has 0 amide bonds. The lowest BCUT2D eigenvalue weighted by atomic mass is 10.1. The van der Waals surface area contributed by atoms with Gasteiger partial charge in [-0.2, -0.15) is 5.26 Å². The summed E-state index contributed by atoms with van der Waals surface area (Å²) in [7, 11) is 0. The Kier molecular flexibility index (Phi) is 5.54. The largest absolute Gasteiger partial charge is 0.492 e. The van der Waals surface area contributed by atoms with Gasteiger partial charge in [0.1, 0.15) is 5.76 Å². The number of hydrogen-bond donors (Lipinski definition) is 1. The maximum absolute atomic E-state index is 8.73. The predicted octanol–water partition coefficient (Wildman–Crippen LogP) is 3.79. The quantitative estimate of drug-likeness (QED) is 0.513. The van der Waals surface area contributed by atoms with E-state index in [1.807, 2.05) is 54.7 Å². The van der Waals surface area contributed by atoms with Crippen LogP contribution in [0.4, 0.5) is 0 Å². The summed E-state index contributed by atoms with van der Waals surface area (Å²) in [6, 6.07) is 20.3. The van der Waals surface area contributed by atoms with Crippen LogP contribution in [0, 0.1) is 11.5 Å². The highest BCUT2D eigenvalue weighted by Gasteiger charge is 2.19. The summed E-state index contributed by atoms with van der Waals surface area (Å²) in [5.41, 5.74) is 2.28. The van der Waals surface area contributed by atoms with Gasteiger partial charge in [-0.25, -0.2) is 0 Å². The third-order valence-electron chi connectivity index (χ3n) is 3.52. The van der Waals surface area contributed by atoms with Crippen molar-refractivity contribution in [3.05, 3.63) is 76.7 Å². The SMILES string of the molecule is N#CNC1=NCC(=C(OCCc2ccccc2)c2ccccc2)S1.